The van der Waals surface area contributed by atoms with E-state index >= 15 is 0 Å². The number of rotatable bonds is 16. The van der Waals surface area contributed by atoms with E-state index in [9.17, 15) is 0 Å². The molecule has 0 radical (unpaired) electrons. The predicted molar refractivity (Wildman–Crippen MR) is 126 cm³/mol. The molecule has 2 rings (SSSR count). The molecule has 0 amide bonds. The van der Waals surface area contributed by atoms with Gasteiger partial charge in [0.2, 0.25) is 0 Å². The largest absolute Gasteiger partial charge is 0.372 e. The van der Waals surface area contributed by atoms with Crippen molar-refractivity contribution in [3.8, 4) is 0 Å². The standard InChI is InChI=1S/C24H46OS2/c1-7-9-11-13-15-23(3,4)21(19-17-26-19)25-22(20-18-27-20)24(5,6)16-14-12-10-8-2/h19-22H,7-18H2,1-6H3. The summed E-state index contributed by atoms with van der Waals surface area (Å²) in [6.07, 6.45) is 14.4. The Morgan fingerprint density at radius 1 is 0.704 bits per heavy atom. The topological polar surface area (TPSA) is 9.23 Å². The summed E-state index contributed by atoms with van der Waals surface area (Å²) in [6.45, 7) is 14.5. The van der Waals surface area contributed by atoms with Gasteiger partial charge in [0.1, 0.15) is 0 Å². The lowest BCUT2D eigenvalue weighted by Crippen LogP contribution is -2.45. The van der Waals surface area contributed by atoms with Crippen LogP contribution in [-0.2, 0) is 4.74 Å². The molecule has 2 heterocycles. The monoisotopic (exact) mass is 414 g/mol. The Kier molecular flexibility index (Phi) is 9.89. The highest BCUT2D eigenvalue weighted by Gasteiger charge is 2.49. The van der Waals surface area contributed by atoms with Gasteiger partial charge in [-0.2, -0.15) is 23.5 Å². The molecule has 0 aromatic carbocycles. The number of ether oxygens (including phenoxy) is 1. The van der Waals surface area contributed by atoms with Crippen LogP contribution >= 0.6 is 23.5 Å². The van der Waals surface area contributed by atoms with Gasteiger partial charge in [-0.3, -0.25) is 0 Å². The van der Waals surface area contributed by atoms with Gasteiger partial charge < -0.3 is 4.74 Å². The van der Waals surface area contributed by atoms with Crippen LogP contribution in [0.5, 0.6) is 0 Å². The zero-order valence-corrected chi connectivity index (χ0v) is 20.7. The molecular formula is C24H46OS2. The summed E-state index contributed by atoms with van der Waals surface area (Å²) in [5, 5.41) is 1.49. The van der Waals surface area contributed by atoms with Crippen molar-refractivity contribution in [1.29, 1.82) is 0 Å². The summed E-state index contributed by atoms with van der Waals surface area (Å²) in [6, 6.07) is 0. The van der Waals surface area contributed by atoms with Crippen LogP contribution in [0.4, 0.5) is 0 Å². The molecule has 2 saturated heterocycles. The van der Waals surface area contributed by atoms with Gasteiger partial charge in [-0.25, -0.2) is 0 Å². The second kappa shape index (κ2) is 11.2. The van der Waals surface area contributed by atoms with E-state index < -0.39 is 0 Å². The highest BCUT2D eigenvalue weighted by atomic mass is 32.2. The first-order valence-electron chi connectivity index (χ1n) is 11.7. The van der Waals surface area contributed by atoms with E-state index in [0.717, 1.165) is 10.5 Å². The summed E-state index contributed by atoms with van der Waals surface area (Å²) in [4.78, 5) is 0. The second-order valence-corrected chi connectivity index (χ2v) is 12.9. The normalized spacial score (nSPS) is 24.7. The highest BCUT2D eigenvalue weighted by molar-refractivity contribution is 8.07. The summed E-state index contributed by atoms with van der Waals surface area (Å²) in [7, 11) is 0. The Morgan fingerprint density at radius 2 is 1.07 bits per heavy atom. The summed E-state index contributed by atoms with van der Waals surface area (Å²) in [5.74, 6) is 2.62. The molecule has 0 spiro atoms. The molecule has 1 nitrogen and oxygen atoms in total. The Bertz CT molecular complexity index is 375. The van der Waals surface area contributed by atoms with Crippen LogP contribution in [0.1, 0.15) is 106 Å². The lowest BCUT2D eigenvalue weighted by atomic mass is 9.77. The van der Waals surface area contributed by atoms with Gasteiger partial charge >= 0.3 is 0 Å². The van der Waals surface area contributed by atoms with Crippen LogP contribution in [0.15, 0.2) is 0 Å². The number of thioether (sulfide) groups is 2. The minimum Gasteiger partial charge on any atom is -0.372 e. The van der Waals surface area contributed by atoms with Crippen molar-refractivity contribution >= 4 is 23.5 Å². The van der Waals surface area contributed by atoms with Crippen LogP contribution in [0.3, 0.4) is 0 Å². The number of hydrogen-bond donors (Lipinski definition) is 0. The first-order chi connectivity index (χ1) is 12.8. The van der Waals surface area contributed by atoms with E-state index in [0.29, 0.717) is 23.0 Å². The van der Waals surface area contributed by atoms with Crippen LogP contribution in [0, 0.1) is 10.8 Å². The molecule has 0 bridgehead atoms. The van der Waals surface area contributed by atoms with Crippen LogP contribution in [0.2, 0.25) is 0 Å². The Hall–Kier alpha value is 0.660. The fourth-order valence-corrected chi connectivity index (χ4v) is 6.25. The van der Waals surface area contributed by atoms with E-state index in [4.69, 9.17) is 4.74 Å². The molecule has 4 unspecified atom stereocenters. The van der Waals surface area contributed by atoms with E-state index in [1.54, 1.807) is 0 Å². The van der Waals surface area contributed by atoms with Gasteiger partial charge in [0.15, 0.2) is 0 Å². The molecule has 2 fully saturated rings. The van der Waals surface area contributed by atoms with Gasteiger partial charge in [-0.15, -0.1) is 0 Å². The van der Waals surface area contributed by atoms with Crippen molar-refractivity contribution in [1.82, 2.24) is 0 Å². The second-order valence-electron chi connectivity index (χ2n) is 10.3. The van der Waals surface area contributed by atoms with Crippen molar-refractivity contribution in [2.75, 3.05) is 11.5 Å². The fourth-order valence-electron chi connectivity index (χ4n) is 4.47. The van der Waals surface area contributed by atoms with Crippen LogP contribution in [-0.4, -0.2) is 34.2 Å². The lowest BCUT2D eigenvalue weighted by Gasteiger charge is -2.42. The zero-order valence-electron chi connectivity index (χ0n) is 19.0. The van der Waals surface area contributed by atoms with E-state index in [1.807, 2.05) is 0 Å². The van der Waals surface area contributed by atoms with E-state index in [-0.39, 0.29) is 0 Å². The van der Waals surface area contributed by atoms with Gasteiger partial charge in [0.05, 0.1) is 12.2 Å². The average molecular weight is 415 g/mol. The Balaban J connectivity index is 1.96. The smallest absolute Gasteiger partial charge is 0.0757 e. The lowest BCUT2D eigenvalue weighted by molar-refractivity contribution is -0.111. The molecule has 0 N–H and O–H groups in total. The number of unbranched alkanes of at least 4 members (excludes halogenated alkanes) is 6. The third-order valence-corrected chi connectivity index (χ3v) is 8.51. The number of hydrogen-bond acceptors (Lipinski definition) is 3. The molecule has 2 aliphatic heterocycles. The van der Waals surface area contributed by atoms with Crippen molar-refractivity contribution in [3.63, 3.8) is 0 Å². The van der Waals surface area contributed by atoms with Gasteiger partial charge in [0.25, 0.3) is 0 Å². The fraction of sp³-hybridized carbons (Fsp3) is 1.00. The molecule has 0 aromatic rings. The minimum absolute atomic E-state index is 0.304. The highest BCUT2D eigenvalue weighted by Crippen LogP contribution is 2.50. The molecule has 0 aliphatic carbocycles. The van der Waals surface area contributed by atoms with Crippen LogP contribution < -0.4 is 0 Å². The SMILES string of the molecule is CCCCCCC(C)(C)C(OC(C1CS1)C(C)(C)CCCCCC)C1CS1. The Labute approximate surface area is 178 Å². The third-order valence-electron chi connectivity index (χ3n) is 6.58. The van der Waals surface area contributed by atoms with Gasteiger partial charge in [-0.1, -0.05) is 92.9 Å². The molecule has 0 saturated carbocycles. The van der Waals surface area contributed by atoms with Gasteiger partial charge in [-0.05, 0) is 23.7 Å². The molecule has 3 heteroatoms. The van der Waals surface area contributed by atoms with Crippen molar-refractivity contribution in [3.05, 3.63) is 0 Å². The first kappa shape index (κ1) is 23.9. The maximum Gasteiger partial charge on any atom is 0.0757 e. The summed E-state index contributed by atoms with van der Waals surface area (Å²) in [5.41, 5.74) is 0.607. The predicted octanol–water partition coefficient (Wildman–Crippen LogP) is 7.96. The van der Waals surface area contributed by atoms with Crippen molar-refractivity contribution in [2.45, 2.75) is 128 Å². The quantitative estimate of drug-likeness (QED) is 0.187. The first-order valence-corrected chi connectivity index (χ1v) is 13.8. The van der Waals surface area contributed by atoms with E-state index in [1.165, 1.54) is 75.7 Å². The molecule has 160 valence electrons. The third kappa shape index (κ3) is 8.13. The average Bonchev–Trinajstić information content (AvgIpc) is 3.49. The van der Waals surface area contributed by atoms with E-state index in [2.05, 4.69) is 65.1 Å². The van der Waals surface area contributed by atoms with Crippen LogP contribution in [0.25, 0.3) is 0 Å². The molecule has 0 aromatic heterocycles. The molecule has 2 aliphatic rings. The summed E-state index contributed by atoms with van der Waals surface area (Å²) >= 11 is 4.25. The molecule has 27 heavy (non-hydrogen) atoms. The minimum atomic E-state index is 0.304. The van der Waals surface area contributed by atoms with Gasteiger partial charge in [0, 0.05) is 22.0 Å². The Morgan fingerprint density at radius 3 is 1.37 bits per heavy atom. The van der Waals surface area contributed by atoms with Crippen molar-refractivity contribution < 1.29 is 4.74 Å². The van der Waals surface area contributed by atoms with Crippen molar-refractivity contribution in [2.24, 2.45) is 10.8 Å². The molecular weight excluding hydrogens is 368 g/mol. The summed E-state index contributed by atoms with van der Waals surface area (Å²) < 4.78 is 7.10. The zero-order chi connectivity index (χ0) is 19.9. The molecule has 4 atom stereocenters. The maximum absolute atomic E-state index is 7.10. The maximum atomic E-state index is 7.10.